The van der Waals surface area contributed by atoms with Crippen LogP contribution in [-0.2, 0) is 24.2 Å². The molecule has 2 rings (SSSR count). The SMILES string of the molecule is COC(=O)c1ccc(S(=O)(=O)NC2CCCCC2(OC)OC)o1. The molecule has 0 saturated heterocycles. The van der Waals surface area contributed by atoms with Crippen molar-refractivity contribution < 1.29 is 31.8 Å². The van der Waals surface area contributed by atoms with Gasteiger partial charge in [0, 0.05) is 20.6 Å². The number of methoxy groups -OCH3 is 3. The first-order valence-corrected chi connectivity index (χ1v) is 8.67. The number of nitrogens with one attached hydrogen (secondary N) is 1. The summed E-state index contributed by atoms with van der Waals surface area (Å²) in [4.78, 5) is 11.4. The molecule has 1 atom stereocenters. The van der Waals surface area contributed by atoms with Crippen LogP contribution in [0.5, 0.6) is 0 Å². The quantitative estimate of drug-likeness (QED) is 0.610. The van der Waals surface area contributed by atoms with E-state index in [1.165, 1.54) is 33.5 Å². The molecule has 23 heavy (non-hydrogen) atoms. The second kappa shape index (κ2) is 7.00. The lowest BCUT2D eigenvalue weighted by molar-refractivity contribution is -0.235. The summed E-state index contributed by atoms with van der Waals surface area (Å²) in [5.41, 5.74) is 0. The van der Waals surface area contributed by atoms with Crippen LogP contribution in [0.2, 0.25) is 0 Å². The summed E-state index contributed by atoms with van der Waals surface area (Å²) in [6.45, 7) is 0. The van der Waals surface area contributed by atoms with Gasteiger partial charge in [-0.2, -0.15) is 4.72 Å². The van der Waals surface area contributed by atoms with Gasteiger partial charge in [-0.3, -0.25) is 0 Å². The fourth-order valence-electron chi connectivity index (χ4n) is 2.75. The molecule has 1 aliphatic carbocycles. The summed E-state index contributed by atoms with van der Waals surface area (Å²) in [6, 6.07) is 1.91. The molecule has 0 bridgehead atoms. The summed E-state index contributed by atoms with van der Waals surface area (Å²) < 4.78 is 47.9. The molecule has 1 saturated carbocycles. The van der Waals surface area contributed by atoms with Crippen LogP contribution in [0.1, 0.15) is 36.2 Å². The van der Waals surface area contributed by atoms with Gasteiger partial charge >= 0.3 is 5.97 Å². The van der Waals surface area contributed by atoms with Gasteiger partial charge in [0.2, 0.25) is 10.9 Å². The highest BCUT2D eigenvalue weighted by molar-refractivity contribution is 7.89. The van der Waals surface area contributed by atoms with Crippen molar-refractivity contribution in [3.8, 4) is 0 Å². The first kappa shape index (κ1) is 17.9. The lowest BCUT2D eigenvalue weighted by atomic mass is 9.89. The molecule has 1 heterocycles. The van der Waals surface area contributed by atoms with Crippen molar-refractivity contribution >= 4 is 16.0 Å². The first-order chi connectivity index (χ1) is 10.9. The molecular weight excluding hydrogens is 326 g/mol. The minimum Gasteiger partial charge on any atom is -0.463 e. The lowest BCUT2D eigenvalue weighted by Gasteiger charge is -2.41. The van der Waals surface area contributed by atoms with Crippen LogP contribution in [0, 0.1) is 0 Å². The van der Waals surface area contributed by atoms with E-state index in [-0.39, 0.29) is 10.9 Å². The second-order valence-electron chi connectivity index (χ2n) is 5.25. The Labute approximate surface area is 135 Å². The molecule has 1 aromatic heterocycles. The number of esters is 1. The number of hydrogen-bond acceptors (Lipinski definition) is 7. The topological polar surface area (TPSA) is 104 Å². The fourth-order valence-corrected chi connectivity index (χ4v) is 3.99. The van der Waals surface area contributed by atoms with E-state index < -0.39 is 27.8 Å². The van der Waals surface area contributed by atoms with Crippen LogP contribution in [0.3, 0.4) is 0 Å². The van der Waals surface area contributed by atoms with Gasteiger partial charge in [0.15, 0.2) is 5.79 Å². The Bertz CT molecular complexity index is 648. The molecule has 1 aromatic rings. The standard InChI is InChI=1S/C14H21NO7S/c1-19-13(16)10-7-8-12(22-10)23(17,18)15-11-6-4-5-9-14(11,20-2)21-3/h7-8,11,15H,4-6,9H2,1-3H3. The maximum absolute atomic E-state index is 12.5. The van der Waals surface area contributed by atoms with Crippen LogP contribution < -0.4 is 4.72 Å². The van der Waals surface area contributed by atoms with E-state index >= 15 is 0 Å². The molecule has 0 aliphatic heterocycles. The van der Waals surface area contributed by atoms with Crippen LogP contribution in [0.4, 0.5) is 0 Å². The molecule has 0 spiro atoms. The maximum atomic E-state index is 12.5. The third kappa shape index (κ3) is 3.57. The zero-order chi connectivity index (χ0) is 17.1. The van der Waals surface area contributed by atoms with Crippen molar-refractivity contribution in [2.24, 2.45) is 0 Å². The molecule has 130 valence electrons. The molecule has 0 amide bonds. The van der Waals surface area contributed by atoms with Crippen molar-refractivity contribution in [1.29, 1.82) is 0 Å². The highest BCUT2D eigenvalue weighted by Crippen LogP contribution is 2.33. The Morgan fingerprint density at radius 3 is 2.57 bits per heavy atom. The van der Waals surface area contributed by atoms with Crippen LogP contribution >= 0.6 is 0 Å². The normalized spacial score (nSPS) is 21.1. The minimum atomic E-state index is -3.96. The van der Waals surface area contributed by atoms with Crippen molar-refractivity contribution in [3.05, 3.63) is 17.9 Å². The average Bonchev–Trinajstić information content (AvgIpc) is 3.05. The van der Waals surface area contributed by atoms with Crippen molar-refractivity contribution in [1.82, 2.24) is 4.72 Å². The van der Waals surface area contributed by atoms with E-state index in [4.69, 9.17) is 13.9 Å². The molecule has 9 heteroatoms. The Balaban J connectivity index is 2.23. The highest BCUT2D eigenvalue weighted by atomic mass is 32.2. The number of carbonyl (C=O) groups is 1. The van der Waals surface area contributed by atoms with Crippen molar-refractivity contribution in [3.63, 3.8) is 0 Å². The Morgan fingerprint density at radius 1 is 1.26 bits per heavy atom. The molecule has 1 aliphatic rings. The zero-order valence-electron chi connectivity index (χ0n) is 13.3. The Hall–Kier alpha value is -1.42. The fraction of sp³-hybridized carbons (Fsp3) is 0.643. The summed E-state index contributed by atoms with van der Waals surface area (Å²) in [7, 11) is 0.198. The minimum absolute atomic E-state index is 0.179. The van der Waals surface area contributed by atoms with E-state index in [0.717, 1.165) is 12.8 Å². The largest absolute Gasteiger partial charge is 0.463 e. The number of furan rings is 1. The van der Waals surface area contributed by atoms with E-state index in [2.05, 4.69) is 9.46 Å². The predicted molar refractivity (Wildman–Crippen MR) is 79.4 cm³/mol. The molecular formula is C14H21NO7S. The third-order valence-corrected chi connectivity index (χ3v) is 5.36. The lowest BCUT2D eigenvalue weighted by Crippen LogP contribution is -2.56. The maximum Gasteiger partial charge on any atom is 0.374 e. The van der Waals surface area contributed by atoms with Gasteiger partial charge in [-0.15, -0.1) is 0 Å². The number of ether oxygens (including phenoxy) is 3. The average molecular weight is 347 g/mol. The van der Waals surface area contributed by atoms with Gasteiger partial charge in [-0.1, -0.05) is 6.42 Å². The monoisotopic (exact) mass is 347 g/mol. The van der Waals surface area contributed by atoms with E-state index in [0.29, 0.717) is 12.8 Å². The molecule has 8 nitrogen and oxygen atoms in total. The number of carbonyl (C=O) groups excluding carboxylic acids is 1. The van der Waals surface area contributed by atoms with E-state index in [9.17, 15) is 13.2 Å². The van der Waals surface area contributed by atoms with Gasteiger partial charge in [0.1, 0.15) is 0 Å². The Kier molecular flexibility index (Phi) is 5.45. The summed E-state index contributed by atoms with van der Waals surface area (Å²) in [5, 5.41) is -0.357. The number of sulfonamides is 1. The van der Waals surface area contributed by atoms with Gasteiger partial charge < -0.3 is 18.6 Å². The summed E-state index contributed by atoms with van der Waals surface area (Å²) >= 11 is 0. The molecule has 0 radical (unpaired) electrons. The number of rotatable bonds is 6. The van der Waals surface area contributed by atoms with Crippen molar-refractivity contribution in [2.75, 3.05) is 21.3 Å². The zero-order valence-corrected chi connectivity index (χ0v) is 14.1. The molecule has 1 N–H and O–H groups in total. The van der Waals surface area contributed by atoms with Gasteiger partial charge in [0.05, 0.1) is 13.2 Å². The van der Waals surface area contributed by atoms with E-state index in [1.807, 2.05) is 0 Å². The molecule has 0 aromatic carbocycles. The summed E-state index contributed by atoms with van der Waals surface area (Å²) in [6.07, 6.45) is 2.89. The van der Waals surface area contributed by atoms with E-state index in [1.54, 1.807) is 0 Å². The smallest absolute Gasteiger partial charge is 0.374 e. The van der Waals surface area contributed by atoms with Gasteiger partial charge in [-0.25, -0.2) is 13.2 Å². The second-order valence-corrected chi connectivity index (χ2v) is 6.89. The van der Waals surface area contributed by atoms with Crippen LogP contribution in [0.15, 0.2) is 21.6 Å². The predicted octanol–water partition coefficient (Wildman–Crippen LogP) is 1.28. The highest BCUT2D eigenvalue weighted by Gasteiger charge is 2.44. The van der Waals surface area contributed by atoms with Gasteiger partial charge in [-0.05, 0) is 25.0 Å². The van der Waals surface area contributed by atoms with Gasteiger partial charge in [0.25, 0.3) is 10.0 Å². The van der Waals surface area contributed by atoms with Crippen molar-refractivity contribution in [2.45, 2.75) is 42.6 Å². The Morgan fingerprint density at radius 2 is 1.96 bits per heavy atom. The molecule has 1 unspecified atom stereocenters. The van der Waals surface area contributed by atoms with Crippen LogP contribution in [-0.4, -0.2) is 47.5 Å². The third-order valence-electron chi connectivity index (χ3n) is 4.02. The number of hydrogen-bond donors (Lipinski definition) is 1. The first-order valence-electron chi connectivity index (χ1n) is 7.19. The molecule has 1 fully saturated rings. The summed E-state index contributed by atoms with van der Waals surface area (Å²) in [5.74, 6) is -1.93. The van der Waals surface area contributed by atoms with Crippen LogP contribution in [0.25, 0.3) is 0 Å².